The third-order valence-electron chi connectivity index (χ3n) is 1.97. The molecule has 1 N–H and O–H groups in total. The van der Waals surface area contributed by atoms with Gasteiger partial charge in [0.25, 0.3) is 0 Å². The van der Waals surface area contributed by atoms with Gasteiger partial charge in [-0.1, -0.05) is 35.4 Å². The van der Waals surface area contributed by atoms with Crippen LogP contribution >= 0.6 is 23.2 Å². The molecule has 0 heterocycles. The maximum absolute atomic E-state index is 11.0. The fourth-order valence-corrected chi connectivity index (χ4v) is 1.67. The van der Waals surface area contributed by atoms with E-state index in [2.05, 4.69) is 6.58 Å². The molecule has 0 bridgehead atoms. The highest BCUT2D eigenvalue weighted by molar-refractivity contribution is 6.35. The zero-order valence-corrected chi connectivity index (χ0v) is 10.8. The maximum atomic E-state index is 11.0. The van der Waals surface area contributed by atoms with Gasteiger partial charge in [0.15, 0.2) is 6.10 Å². The van der Waals surface area contributed by atoms with Crippen LogP contribution in [-0.2, 0) is 4.79 Å². The van der Waals surface area contributed by atoms with Crippen LogP contribution in [0.4, 0.5) is 0 Å². The van der Waals surface area contributed by atoms with E-state index >= 15 is 0 Å². The van der Waals surface area contributed by atoms with Crippen LogP contribution in [0.3, 0.4) is 0 Å². The lowest BCUT2D eigenvalue weighted by molar-refractivity contribution is -0.145. The summed E-state index contributed by atoms with van der Waals surface area (Å²) in [6.45, 7) is 5.40. The zero-order valence-electron chi connectivity index (χ0n) is 9.24. The number of benzene rings is 1. The van der Waals surface area contributed by atoms with E-state index in [1.165, 1.54) is 6.07 Å². The van der Waals surface area contributed by atoms with Crippen LogP contribution < -0.4 is 4.74 Å². The summed E-state index contributed by atoms with van der Waals surface area (Å²) in [6.07, 6.45) is -0.764. The zero-order chi connectivity index (χ0) is 13.0. The Morgan fingerprint density at radius 1 is 1.53 bits per heavy atom. The maximum Gasteiger partial charge on any atom is 0.345 e. The van der Waals surface area contributed by atoms with Gasteiger partial charge in [-0.3, -0.25) is 0 Å². The Morgan fingerprint density at radius 3 is 2.65 bits per heavy atom. The number of hydrogen-bond acceptors (Lipinski definition) is 2. The molecule has 0 aromatic heterocycles. The van der Waals surface area contributed by atoms with E-state index in [0.717, 1.165) is 5.57 Å². The lowest BCUT2D eigenvalue weighted by Crippen LogP contribution is -2.27. The topological polar surface area (TPSA) is 46.5 Å². The fourth-order valence-electron chi connectivity index (χ4n) is 1.22. The predicted molar refractivity (Wildman–Crippen MR) is 67.9 cm³/mol. The van der Waals surface area contributed by atoms with Gasteiger partial charge in [-0.25, -0.2) is 4.79 Å². The number of halogens is 2. The lowest BCUT2D eigenvalue weighted by Gasteiger charge is -2.16. The van der Waals surface area contributed by atoms with Crippen molar-refractivity contribution in [2.45, 2.75) is 19.4 Å². The van der Waals surface area contributed by atoms with E-state index in [4.69, 9.17) is 33.0 Å². The smallest absolute Gasteiger partial charge is 0.345 e. The van der Waals surface area contributed by atoms with Gasteiger partial charge in [-0.05, 0) is 25.1 Å². The van der Waals surface area contributed by atoms with E-state index < -0.39 is 12.1 Å². The minimum absolute atomic E-state index is 0.230. The van der Waals surface area contributed by atoms with Gasteiger partial charge in [0.1, 0.15) is 5.75 Å². The quantitative estimate of drug-likeness (QED) is 0.831. The van der Waals surface area contributed by atoms with Gasteiger partial charge in [0.05, 0.1) is 5.02 Å². The standard InChI is InChI=1S/C12H12Cl2O3/c1-7(2)5-11(12(15)16)17-10-4-3-8(13)6-9(10)14/h3-4,6,11H,1,5H2,2H3,(H,15,16). The molecule has 0 radical (unpaired) electrons. The van der Waals surface area contributed by atoms with E-state index in [-0.39, 0.29) is 11.4 Å². The fraction of sp³-hybridized carbons (Fsp3) is 0.250. The van der Waals surface area contributed by atoms with E-state index in [0.29, 0.717) is 10.8 Å². The predicted octanol–water partition coefficient (Wildman–Crippen LogP) is 3.79. The van der Waals surface area contributed by atoms with Crippen LogP contribution in [0.25, 0.3) is 0 Å². The molecule has 0 aliphatic rings. The number of carboxylic acid groups (broad SMARTS) is 1. The summed E-state index contributed by atoms with van der Waals surface area (Å²) in [4.78, 5) is 11.0. The SMILES string of the molecule is C=C(C)CC(Oc1ccc(Cl)cc1Cl)C(=O)O. The van der Waals surface area contributed by atoms with Crippen molar-refractivity contribution in [2.24, 2.45) is 0 Å². The van der Waals surface area contributed by atoms with Crippen molar-refractivity contribution >= 4 is 29.2 Å². The first-order valence-electron chi connectivity index (χ1n) is 4.89. The van der Waals surface area contributed by atoms with Crippen molar-refractivity contribution in [3.05, 3.63) is 40.4 Å². The summed E-state index contributed by atoms with van der Waals surface area (Å²) in [5, 5.41) is 9.74. The number of ether oxygens (including phenoxy) is 1. The third kappa shape index (κ3) is 4.29. The summed E-state index contributed by atoms with van der Waals surface area (Å²) in [5.41, 5.74) is 0.725. The molecule has 1 aromatic carbocycles. The molecule has 1 unspecified atom stereocenters. The number of hydrogen-bond donors (Lipinski definition) is 1. The van der Waals surface area contributed by atoms with E-state index in [1.54, 1.807) is 19.1 Å². The number of carbonyl (C=O) groups is 1. The largest absolute Gasteiger partial charge is 0.478 e. The van der Waals surface area contributed by atoms with Crippen molar-refractivity contribution in [1.82, 2.24) is 0 Å². The molecule has 0 spiro atoms. The molecule has 5 heteroatoms. The monoisotopic (exact) mass is 274 g/mol. The first kappa shape index (κ1) is 13.9. The highest BCUT2D eigenvalue weighted by atomic mass is 35.5. The Bertz CT molecular complexity index is 443. The van der Waals surface area contributed by atoms with Crippen LogP contribution in [0.1, 0.15) is 13.3 Å². The molecular formula is C12H12Cl2O3. The Kier molecular flexibility index (Phi) is 4.85. The average molecular weight is 275 g/mol. The molecule has 0 fully saturated rings. The van der Waals surface area contributed by atoms with Crippen LogP contribution in [-0.4, -0.2) is 17.2 Å². The van der Waals surface area contributed by atoms with Gasteiger partial charge >= 0.3 is 5.97 Å². The van der Waals surface area contributed by atoms with Crippen LogP contribution in [0.2, 0.25) is 10.0 Å². The van der Waals surface area contributed by atoms with Gasteiger partial charge in [0, 0.05) is 11.4 Å². The van der Waals surface area contributed by atoms with E-state index in [1.807, 2.05) is 0 Å². The summed E-state index contributed by atoms with van der Waals surface area (Å²) in [7, 11) is 0. The Hall–Kier alpha value is -1.19. The average Bonchev–Trinajstić information content (AvgIpc) is 2.19. The molecule has 1 rings (SSSR count). The number of aliphatic carboxylic acids is 1. The summed E-state index contributed by atoms with van der Waals surface area (Å²) in [5.74, 6) is -0.760. The molecule has 0 aliphatic heterocycles. The second-order valence-electron chi connectivity index (χ2n) is 3.68. The lowest BCUT2D eigenvalue weighted by atomic mass is 10.1. The normalized spacial score (nSPS) is 11.9. The minimum atomic E-state index is -1.06. The highest BCUT2D eigenvalue weighted by Crippen LogP contribution is 2.29. The van der Waals surface area contributed by atoms with Crippen molar-refractivity contribution in [1.29, 1.82) is 0 Å². The van der Waals surface area contributed by atoms with Gasteiger partial charge in [-0.15, -0.1) is 0 Å². The van der Waals surface area contributed by atoms with Crippen LogP contribution in [0.15, 0.2) is 30.4 Å². The Morgan fingerprint density at radius 2 is 2.18 bits per heavy atom. The summed E-state index contributed by atoms with van der Waals surface area (Å²) >= 11 is 11.6. The minimum Gasteiger partial charge on any atom is -0.478 e. The van der Waals surface area contributed by atoms with Crippen molar-refractivity contribution < 1.29 is 14.6 Å². The first-order chi connectivity index (χ1) is 7.90. The molecule has 0 aliphatic carbocycles. The molecule has 92 valence electrons. The first-order valence-corrected chi connectivity index (χ1v) is 5.64. The molecule has 3 nitrogen and oxygen atoms in total. The number of rotatable bonds is 5. The molecule has 0 amide bonds. The highest BCUT2D eigenvalue weighted by Gasteiger charge is 2.20. The molecule has 1 aromatic rings. The summed E-state index contributed by atoms with van der Waals surface area (Å²) in [6, 6.07) is 4.62. The summed E-state index contributed by atoms with van der Waals surface area (Å²) < 4.78 is 5.32. The van der Waals surface area contributed by atoms with E-state index in [9.17, 15) is 4.79 Å². The van der Waals surface area contributed by atoms with Crippen molar-refractivity contribution in [3.8, 4) is 5.75 Å². The van der Waals surface area contributed by atoms with Crippen molar-refractivity contribution in [3.63, 3.8) is 0 Å². The molecule has 0 saturated heterocycles. The van der Waals surface area contributed by atoms with Crippen LogP contribution in [0.5, 0.6) is 5.75 Å². The Balaban J connectivity index is 2.86. The third-order valence-corrected chi connectivity index (χ3v) is 2.50. The van der Waals surface area contributed by atoms with Crippen LogP contribution in [0, 0.1) is 0 Å². The molecule has 17 heavy (non-hydrogen) atoms. The van der Waals surface area contributed by atoms with Gasteiger partial charge in [-0.2, -0.15) is 0 Å². The second kappa shape index (κ2) is 5.94. The molecule has 1 atom stereocenters. The molecule has 0 saturated carbocycles. The van der Waals surface area contributed by atoms with Gasteiger partial charge in [0.2, 0.25) is 0 Å². The molecular weight excluding hydrogens is 263 g/mol. The Labute approximate surface area is 110 Å². The second-order valence-corrected chi connectivity index (χ2v) is 4.52. The number of carboxylic acids is 1. The van der Waals surface area contributed by atoms with Gasteiger partial charge < -0.3 is 9.84 Å². The van der Waals surface area contributed by atoms with Crippen molar-refractivity contribution in [2.75, 3.05) is 0 Å².